The van der Waals surface area contributed by atoms with E-state index in [1.807, 2.05) is 19.0 Å². The molecule has 8 nitrogen and oxygen atoms in total. The second-order valence-corrected chi connectivity index (χ2v) is 9.51. The number of thiazole rings is 1. The van der Waals surface area contributed by atoms with Gasteiger partial charge in [-0.15, -0.1) is 11.3 Å². The highest BCUT2D eigenvalue weighted by atomic mass is 35.5. The second-order valence-electron chi connectivity index (χ2n) is 7.81. The van der Waals surface area contributed by atoms with E-state index in [2.05, 4.69) is 15.6 Å². The minimum absolute atomic E-state index is 0.0118. The molecule has 1 fully saturated rings. The molecule has 0 saturated heterocycles. The quantitative estimate of drug-likeness (QED) is 0.526. The molecule has 11 heteroatoms. The fraction of sp³-hybridized carbons (Fsp3) is 0.429. The van der Waals surface area contributed by atoms with Crippen LogP contribution >= 0.6 is 34.5 Å². The lowest BCUT2D eigenvalue weighted by molar-refractivity contribution is -0.120. The minimum Gasteiger partial charge on any atom is -0.354 e. The molecule has 1 aromatic carbocycles. The first-order valence-electron chi connectivity index (χ1n) is 10.1. The maximum atomic E-state index is 13.0. The van der Waals surface area contributed by atoms with Crippen molar-refractivity contribution in [3.05, 3.63) is 44.9 Å². The highest BCUT2D eigenvalue weighted by Crippen LogP contribution is 2.30. The van der Waals surface area contributed by atoms with E-state index in [-0.39, 0.29) is 41.8 Å². The maximum Gasteiger partial charge on any atom is 0.256 e. The Morgan fingerprint density at radius 1 is 1.19 bits per heavy atom. The van der Waals surface area contributed by atoms with Crippen LogP contribution in [0.4, 0.5) is 5.13 Å². The highest BCUT2D eigenvalue weighted by Gasteiger charge is 2.35. The Kier molecular flexibility index (Phi) is 8.47. The van der Waals surface area contributed by atoms with Crippen LogP contribution in [0.5, 0.6) is 0 Å². The second kappa shape index (κ2) is 11.1. The van der Waals surface area contributed by atoms with E-state index in [0.717, 1.165) is 19.4 Å². The molecular formula is C21H25Cl2N5O3S. The number of hydrogen-bond acceptors (Lipinski definition) is 6. The van der Waals surface area contributed by atoms with E-state index >= 15 is 0 Å². The number of hydrogen-bond donors (Lipinski definition) is 2. The van der Waals surface area contributed by atoms with Gasteiger partial charge in [0, 0.05) is 29.5 Å². The van der Waals surface area contributed by atoms with Crippen molar-refractivity contribution < 1.29 is 14.4 Å². The third-order valence-corrected chi connectivity index (χ3v) is 6.10. The molecule has 0 atom stereocenters. The van der Waals surface area contributed by atoms with Crippen molar-refractivity contribution >= 4 is 57.4 Å². The standard InChI is InChI=1S/C21H25Cl2N5O3S/c1-27(2)8-7-24-18(29)10-14-12-32-21(25-14)26-19(30)11-28(15-4-5-15)20(31)16-6-3-13(22)9-17(16)23/h3,6,9,12,15H,4-5,7-8,10-11H2,1-2H3,(H,24,29)(H,25,26,30). The number of carbonyl (C=O) groups is 3. The number of nitrogens with zero attached hydrogens (tertiary/aromatic N) is 3. The van der Waals surface area contributed by atoms with Crippen molar-refractivity contribution in [2.45, 2.75) is 25.3 Å². The van der Waals surface area contributed by atoms with E-state index in [4.69, 9.17) is 23.2 Å². The van der Waals surface area contributed by atoms with Gasteiger partial charge < -0.3 is 20.4 Å². The summed E-state index contributed by atoms with van der Waals surface area (Å²) in [5.41, 5.74) is 0.892. The first-order valence-corrected chi connectivity index (χ1v) is 11.8. The lowest BCUT2D eigenvalue weighted by Gasteiger charge is -2.22. The van der Waals surface area contributed by atoms with E-state index in [1.165, 1.54) is 22.3 Å². The fourth-order valence-electron chi connectivity index (χ4n) is 2.98. The number of carbonyl (C=O) groups excluding carboxylic acids is 3. The molecule has 1 heterocycles. The van der Waals surface area contributed by atoms with E-state index < -0.39 is 0 Å². The molecule has 2 aromatic rings. The smallest absolute Gasteiger partial charge is 0.256 e. The number of benzene rings is 1. The zero-order chi connectivity index (χ0) is 23.3. The van der Waals surface area contributed by atoms with Gasteiger partial charge in [0.2, 0.25) is 11.8 Å². The Morgan fingerprint density at radius 3 is 2.59 bits per heavy atom. The molecule has 0 radical (unpaired) electrons. The summed E-state index contributed by atoms with van der Waals surface area (Å²) in [7, 11) is 3.87. The number of aromatic nitrogens is 1. The summed E-state index contributed by atoms with van der Waals surface area (Å²) in [6, 6.07) is 4.68. The lowest BCUT2D eigenvalue weighted by atomic mass is 10.2. The maximum absolute atomic E-state index is 13.0. The summed E-state index contributed by atoms with van der Waals surface area (Å²) in [6.45, 7) is 1.20. The number of halogens is 2. The van der Waals surface area contributed by atoms with Gasteiger partial charge >= 0.3 is 0 Å². The number of amides is 3. The van der Waals surface area contributed by atoms with Crippen molar-refractivity contribution in [1.82, 2.24) is 20.1 Å². The molecule has 3 rings (SSSR count). The third kappa shape index (κ3) is 7.16. The number of rotatable bonds is 10. The molecule has 172 valence electrons. The average molecular weight is 498 g/mol. The summed E-state index contributed by atoms with van der Waals surface area (Å²) in [4.78, 5) is 45.4. The molecule has 0 bridgehead atoms. The SMILES string of the molecule is CN(C)CCNC(=O)Cc1csc(NC(=O)CN(C(=O)c2ccc(Cl)cc2Cl)C2CC2)n1. The number of anilines is 1. The van der Waals surface area contributed by atoms with Crippen LogP contribution in [0, 0.1) is 0 Å². The van der Waals surface area contributed by atoms with Gasteiger partial charge in [-0.1, -0.05) is 23.2 Å². The molecule has 32 heavy (non-hydrogen) atoms. The predicted octanol–water partition coefficient (Wildman–Crippen LogP) is 2.91. The summed E-state index contributed by atoms with van der Waals surface area (Å²) in [6.07, 6.45) is 1.82. The van der Waals surface area contributed by atoms with Gasteiger partial charge in [-0.2, -0.15) is 0 Å². The van der Waals surface area contributed by atoms with Crippen LogP contribution < -0.4 is 10.6 Å². The zero-order valence-corrected chi connectivity index (χ0v) is 20.2. The summed E-state index contributed by atoms with van der Waals surface area (Å²) >= 11 is 13.3. The Morgan fingerprint density at radius 2 is 1.94 bits per heavy atom. The molecule has 0 spiro atoms. The van der Waals surface area contributed by atoms with Gasteiger partial charge in [-0.25, -0.2) is 4.98 Å². The summed E-state index contributed by atoms with van der Waals surface area (Å²) < 4.78 is 0. The van der Waals surface area contributed by atoms with Gasteiger partial charge in [-0.05, 0) is 45.1 Å². The van der Waals surface area contributed by atoms with E-state index in [0.29, 0.717) is 28.0 Å². The van der Waals surface area contributed by atoms with Crippen LogP contribution in [-0.2, 0) is 16.0 Å². The predicted molar refractivity (Wildman–Crippen MR) is 127 cm³/mol. The largest absolute Gasteiger partial charge is 0.354 e. The fourth-order valence-corrected chi connectivity index (χ4v) is 4.19. The topological polar surface area (TPSA) is 94.6 Å². The molecule has 1 aliphatic carbocycles. The van der Waals surface area contributed by atoms with Gasteiger partial charge in [0.25, 0.3) is 5.91 Å². The molecule has 3 amide bonds. The first-order chi connectivity index (χ1) is 15.2. The Balaban J connectivity index is 1.55. The summed E-state index contributed by atoms with van der Waals surface area (Å²) in [5, 5.41) is 8.36. The molecule has 1 aliphatic rings. The molecule has 1 saturated carbocycles. The minimum atomic E-state index is -0.355. The average Bonchev–Trinajstić information content (AvgIpc) is 3.46. The first kappa shape index (κ1) is 24.4. The van der Waals surface area contributed by atoms with Gasteiger partial charge in [0.05, 0.1) is 22.7 Å². The molecule has 0 unspecified atom stereocenters. The third-order valence-electron chi connectivity index (χ3n) is 4.74. The molecule has 0 aliphatic heterocycles. The van der Waals surface area contributed by atoms with Crippen LogP contribution in [-0.4, -0.2) is 72.3 Å². The van der Waals surface area contributed by atoms with Crippen LogP contribution in [0.3, 0.4) is 0 Å². The van der Waals surface area contributed by atoms with Crippen molar-refractivity contribution in [3.63, 3.8) is 0 Å². The molecule has 1 aromatic heterocycles. The Hall–Kier alpha value is -2.20. The van der Waals surface area contributed by atoms with E-state index in [9.17, 15) is 14.4 Å². The van der Waals surface area contributed by atoms with Gasteiger partial charge in [0.15, 0.2) is 5.13 Å². The molecular weight excluding hydrogens is 473 g/mol. The van der Waals surface area contributed by atoms with Crippen LogP contribution in [0.1, 0.15) is 28.9 Å². The lowest BCUT2D eigenvalue weighted by Crippen LogP contribution is -2.39. The Bertz CT molecular complexity index is 994. The zero-order valence-electron chi connectivity index (χ0n) is 17.9. The number of likely N-dealkylation sites (N-methyl/N-ethyl adjacent to an activating group) is 1. The van der Waals surface area contributed by atoms with E-state index in [1.54, 1.807) is 17.5 Å². The molecule has 2 N–H and O–H groups in total. The summed E-state index contributed by atoms with van der Waals surface area (Å²) in [5.74, 6) is -0.786. The van der Waals surface area contributed by atoms with Gasteiger partial charge in [0.1, 0.15) is 6.54 Å². The van der Waals surface area contributed by atoms with Crippen molar-refractivity contribution in [2.75, 3.05) is 39.0 Å². The van der Waals surface area contributed by atoms with Crippen molar-refractivity contribution in [3.8, 4) is 0 Å². The number of nitrogens with one attached hydrogen (secondary N) is 2. The van der Waals surface area contributed by atoms with Crippen molar-refractivity contribution in [1.29, 1.82) is 0 Å². The van der Waals surface area contributed by atoms with Crippen molar-refractivity contribution in [2.24, 2.45) is 0 Å². The van der Waals surface area contributed by atoms with Crippen LogP contribution in [0.2, 0.25) is 10.0 Å². The highest BCUT2D eigenvalue weighted by molar-refractivity contribution is 7.13. The normalized spacial score (nSPS) is 13.2. The Labute approximate surface area is 200 Å². The van der Waals surface area contributed by atoms with Gasteiger partial charge in [-0.3, -0.25) is 14.4 Å². The van der Waals surface area contributed by atoms with Crippen LogP contribution in [0.15, 0.2) is 23.6 Å². The monoisotopic (exact) mass is 497 g/mol. The van der Waals surface area contributed by atoms with Crippen LogP contribution in [0.25, 0.3) is 0 Å².